The number of piperidine rings is 1. The molecule has 0 spiro atoms. The van der Waals surface area contributed by atoms with Crippen molar-refractivity contribution in [2.75, 3.05) is 26.7 Å². The highest BCUT2D eigenvalue weighted by Gasteiger charge is 2.31. The topological polar surface area (TPSA) is 78.1 Å². The number of hydrogen-bond acceptors (Lipinski definition) is 4. The van der Waals surface area contributed by atoms with Crippen LogP contribution in [0.2, 0.25) is 0 Å². The van der Waals surface area contributed by atoms with Crippen LogP contribution in [0, 0.1) is 19.3 Å². The van der Waals surface area contributed by atoms with Crippen LogP contribution in [-0.2, 0) is 10.0 Å². The van der Waals surface area contributed by atoms with Crippen LogP contribution in [0.1, 0.15) is 31.2 Å². The van der Waals surface area contributed by atoms with E-state index in [1.54, 1.807) is 13.8 Å². The van der Waals surface area contributed by atoms with Gasteiger partial charge in [-0.1, -0.05) is 6.92 Å². The fourth-order valence-corrected chi connectivity index (χ4v) is 4.18. The zero-order valence-corrected chi connectivity index (χ0v) is 13.5. The standard InChI is InChI=1S/C13H24N4O2S/c1-10-12(11(2)16-15-10)20(18,19)14-9-13(3)5-7-17(4)8-6-13/h14H,5-9H2,1-4H3,(H,15,16). The molecule has 0 aliphatic carbocycles. The maximum absolute atomic E-state index is 12.4. The summed E-state index contributed by atoms with van der Waals surface area (Å²) in [5, 5.41) is 6.67. The van der Waals surface area contributed by atoms with Crippen molar-refractivity contribution < 1.29 is 8.42 Å². The van der Waals surface area contributed by atoms with E-state index < -0.39 is 10.0 Å². The van der Waals surface area contributed by atoms with Crippen molar-refractivity contribution in [3.63, 3.8) is 0 Å². The number of rotatable bonds is 4. The zero-order chi connectivity index (χ0) is 15.0. The van der Waals surface area contributed by atoms with Gasteiger partial charge in [0.1, 0.15) is 4.90 Å². The predicted molar refractivity (Wildman–Crippen MR) is 78.1 cm³/mol. The maximum atomic E-state index is 12.4. The molecule has 7 heteroatoms. The summed E-state index contributed by atoms with van der Waals surface area (Å²) in [5.74, 6) is 0. The molecular formula is C13H24N4O2S. The van der Waals surface area contributed by atoms with Gasteiger partial charge in [-0.3, -0.25) is 5.10 Å². The molecule has 1 aliphatic rings. The average Bonchev–Trinajstić information content (AvgIpc) is 2.72. The fraction of sp³-hybridized carbons (Fsp3) is 0.769. The number of aromatic nitrogens is 2. The van der Waals surface area contributed by atoms with Gasteiger partial charge in [-0.05, 0) is 52.2 Å². The van der Waals surface area contributed by atoms with Crippen LogP contribution in [0.3, 0.4) is 0 Å². The van der Waals surface area contributed by atoms with E-state index in [9.17, 15) is 8.42 Å². The summed E-state index contributed by atoms with van der Waals surface area (Å²) in [7, 11) is -1.39. The quantitative estimate of drug-likeness (QED) is 0.871. The third-order valence-electron chi connectivity index (χ3n) is 4.21. The Morgan fingerprint density at radius 1 is 1.35 bits per heavy atom. The third kappa shape index (κ3) is 3.21. The summed E-state index contributed by atoms with van der Waals surface area (Å²) in [6, 6.07) is 0. The van der Waals surface area contributed by atoms with Crippen molar-refractivity contribution in [1.29, 1.82) is 0 Å². The molecule has 1 aliphatic heterocycles. The molecule has 1 aromatic heterocycles. The van der Waals surface area contributed by atoms with E-state index in [4.69, 9.17) is 0 Å². The molecule has 0 atom stereocenters. The van der Waals surface area contributed by atoms with Crippen LogP contribution in [0.15, 0.2) is 4.90 Å². The Morgan fingerprint density at radius 2 is 1.95 bits per heavy atom. The molecule has 0 saturated carbocycles. The van der Waals surface area contributed by atoms with Crippen molar-refractivity contribution in [3.8, 4) is 0 Å². The van der Waals surface area contributed by atoms with Crippen molar-refractivity contribution in [2.24, 2.45) is 5.41 Å². The number of aryl methyl sites for hydroxylation is 2. The molecule has 0 unspecified atom stereocenters. The molecule has 2 heterocycles. The van der Waals surface area contributed by atoms with E-state index in [-0.39, 0.29) is 10.3 Å². The monoisotopic (exact) mass is 300 g/mol. The second kappa shape index (κ2) is 5.46. The third-order valence-corrected chi connectivity index (χ3v) is 5.88. The lowest BCUT2D eigenvalue weighted by Crippen LogP contribution is -2.43. The summed E-state index contributed by atoms with van der Waals surface area (Å²) >= 11 is 0. The largest absolute Gasteiger partial charge is 0.306 e. The van der Waals surface area contributed by atoms with E-state index in [1.165, 1.54) is 0 Å². The van der Waals surface area contributed by atoms with Crippen LogP contribution < -0.4 is 4.72 Å². The summed E-state index contributed by atoms with van der Waals surface area (Å²) in [6.45, 7) is 8.09. The molecule has 0 radical (unpaired) electrons. The lowest BCUT2D eigenvalue weighted by Gasteiger charge is -2.37. The van der Waals surface area contributed by atoms with Crippen LogP contribution in [-0.4, -0.2) is 50.2 Å². The summed E-state index contributed by atoms with van der Waals surface area (Å²) in [5.41, 5.74) is 1.14. The molecule has 1 fully saturated rings. The lowest BCUT2D eigenvalue weighted by molar-refractivity contribution is 0.143. The molecule has 0 aromatic carbocycles. The first-order chi connectivity index (χ1) is 9.23. The molecule has 0 amide bonds. The Morgan fingerprint density at radius 3 is 2.45 bits per heavy atom. The molecule has 2 rings (SSSR count). The van der Waals surface area contributed by atoms with Crippen LogP contribution >= 0.6 is 0 Å². The number of hydrogen-bond donors (Lipinski definition) is 2. The van der Waals surface area contributed by atoms with E-state index in [1.807, 2.05) is 0 Å². The first-order valence-corrected chi connectivity index (χ1v) is 8.42. The molecule has 1 aromatic rings. The highest BCUT2D eigenvalue weighted by molar-refractivity contribution is 7.89. The number of sulfonamides is 1. The van der Waals surface area contributed by atoms with Crippen molar-refractivity contribution >= 4 is 10.0 Å². The molecular weight excluding hydrogens is 276 g/mol. The van der Waals surface area contributed by atoms with Crippen molar-refractivity contribution in [1.82, 2.24) is 19.8 Å². The Kier molecular flexibility index (Phi) is 4.22. The van der Waals surface area contributed by atoms with Crippen LogP contribution in [0.4, 0.5) is 0 Å². The first-order valence-electron chi connectivity index (χ1n) is 6.93. The predicted octanol–water partition coefficient (Wildman–Crippen LogP) is 1.04. The molecule has 20 heavy (non-hydrogen) atoms. The lowest BCUT2D eigenvalue weighted by atomic mass is 9.81. The van der Waals surface area contributed by atoms with Gasteiger partial charge in [-0.15, -0.1) is 0 Å². The highest BCUT2D eigenvalue weighted by atomic mass is 32.2. The second-order valence-electron chi connectivity index (χ2n) is 6.20. The fourth-order valence-electron chi connectivity index (χ4n) is 2.61. The minimum absolute atomic E-state index is 0.0329. The van der Waals surface area contributed by atoms with Gasteiger partial charge in [0.25, 0.3) is 0 Å². The Balaban J connectivity index is 2.07. The van der Waals surface area contributed by atoms with Crippen LogP contribution in [0.25, 0.3) is 0 Å². The van der Waals surface area contributed by atoms with Gasteiger partial charge in [-0.25, -0.2) is 13.1 Å². The summed E-state index contributed by atoms with van der Waals surface area (Å²) in [4.78, 5) is 2.56. The zero-order valence-electron chi connectivity index (χ0n) is 12.7. The van der Waals surface area contributed by atoms with E-state index in [2.05, 4.69) is 33.8 Å². The first kappa shape index (κ1) is 15.5. The Bertz CT molecular complexity index is 552. The number of nitrogens with one attached hydrogen (secondary N) is 2. The Labute approximate surface area is 121 Å². The SMILES string of the molecule is Cc1n[nH]c(C)c1S(=O)(=O)NCC1(C)CCN(C)CC1. The number of likely N-dealkylation sites (tertiary alicyclic amines) is 1. The van der Waals surface area contributed by atoms with Gasteiger partial charge in [-0.2, -0.15) is 5.10 Å². The van der Waals surface area contributed by atoms with Crippen molar-refractivity contribution in [3.05, 3.63) is 11.4 Å². The van der Waals surface area contributed by atoms with E-state index >= 15 is 0 Å². The number of aromatic amines is 1. The molecule has 0 bridgehead atoms. The minimum atomic E-state index is -3.49. The van der Waals surface area contributed by atoms with Gasteiger partial charge in [0, 0.05) is 6.54 Å². The van der Waals surface area contributed by atoms with Gasteiger partial charge in [0.2, 0.25) is 10.0 Å². The number of H-pyrrole nitrogens is 1. The summed E-state index contributed by atoms with van der Waals surface area (Å²) < 4.78 is 27.6. The molecule has 1 saturated heterocycles. The second-order valence-corrected chi connectivity index (χ2v) is 7.91. The molecule has 114 valence electrons. The smallest absolute Gasteiger partial charge is 0.244 e. The molecule has 2 N–H and O–H groups in total. The normalized spacial score (nSPS) is 20.2. The maximum Gasteiger partial charge on any atom is 0.244 e. The van der Waals surface area contributed by atoms with Gasteiger partial charge in [0.15, 0.2) is 0 Å². The number of nitrogens with zero attached hydrogens (tertiary/aromatic N) is 2. The van der Waals surface area contributed by atoms with Crippen molar-refractivity contribution in [2.45, 2.75) is 38.5 Å². The van der Waals surface area contributed by atoms with E-state index in [0.717, 1.165) is 25.9 Å². The highest BCUT2D eigenvalue weighted by Crippen LogP contribution is 2.30. The average molecular weight is 300 g/mol. The van der Waals surface area contributed by atoms with Gasteiger partial charge < -0.3 is 4.90 Å². The van der Waals surface area contributed by atoms with Gasteiger partial charge in [0.05, 0.1) is 11.4 Å². The molecule has 6 nitrogen and oxygen atoms in total. The van der Waals surface area contributed by atoms with E-state index in [0.29, 0.717) is 17.9 Å². The Hall–Kier alpha value is -0.920. The minimum Gasteiger partial charge on any atom is -0.306 e. The van der Waals surface area contributed by atoms with Gasteiger partial charge >= 0.3 is 0 Å². The summed E-state index contributed by atoms with van der Waals surface area (Å²) in [6.07, 6.45) is 2.02. The van der Waals surface area contributed by atoms with Crippen LogP contribution in [0.5, 0.6) is 0 Å².